The zero-order chi connectivity index (χ0) is 33.6. The summed E-state index contributed by atoms with van der Waals surface area (Å²) >= 11 is 0. The third-order valence-electron chi connectivity index (χ3n) is 6.60. The molecule has 0 amide bonds. The number of nitrogen functional groups attached to an aromatic ring is 1. The fourth-order valence-corrected chi connectivity index (χ4v) is 5.76. The number of aromatic nitrogens is 4. The van der Waals surface area contributed by atoms with Gasteiger partial charge >= 0.3 is 19.7 Å². The Balaban J connectivity index is 1.61. The monoisotopic (exact) mass is 664 g/mol. The molecule has 46 heavy (non-hydrogen) atoms. The number of hydrogen-bond acceptors (Lipinski definition) is 15. The number of esters is 2. The van der Waals surface area contributed by atoms with E-state index in [1.165, 1.54) is 31.0 Å². The lowest BCUT2D eigenvalue weighted by Gasteiger charge is -2.27. The van der Waals surface area contributed by atoms with Gasteiger partial charge in [-0.1, -0.05) is 30.3 Å². The highest BCUT2D eigenvalue weighted by molar-refractivity contribution is 7.51. The summed E-state index contributed by atoms with van der Waals surface area (Å²) in [5, 5.41) is 24.9. The molecule has 0 saturated carbocycles. The average Bonchev–Trinajstić information content (AvgIpc) is 3.51. The van der Waals surface area contributed by atoms with Crippen molar-refractivity contribution in [2.45, 2.75) is 57.8 Å². The number of anilines is 1. The third kappa shape index (κ3) is 7.99. The summed E-state index contributed by atoms with van der Waals surface area (Å²) in [6, 6.07) is 8.60. The average molecular weight is 665 g/mol. The Morgan fingerprint density at radius 3 is 2.61 bits per heavy atom. The molecule has 1 aromatic carbocycles. The molecule has 17 nitrogen and oxygen atoms in total. The second kappa shape index (κ2) is 14.5. The van der Waals surface area contributed by atoms with E-state index in [-0.39, 0.29) is 35.3 Å². The molecule has 18 heteroatoms. The number of carbonyl (C=O) groups is 2. The van der Waals surface area contributed by atoms with Crippen LogP contribution in [0.4, 0.5) is 5.95 Å². The Bertz CT molecular complexity index is 1610. The van der Waals surface area contributed by atoms with Crippen molar-refractivity contribution >= 4 is 42.9 Å². The van der Waals surface area contributed by atoms with Crippen molar-refractivity contribution in [1.82, 2.24) is 24.6 Å². The Labute approximate surface area is 264 Å². The molecule has 2 aromatic heterocycles. The lowest BCUT2D eigenvalue weighted by Crippen LogP contribution is -2.44. The van der Waals surface area contributed by atoms with Gasteiger partial charge in [0.15, 0.2) is 24.0 Å². The van der Waals surface area contributed by atoms with Crippen LogP contribution in [0.15, 0.2) is 42.4 Å². The van der Waals surface area contributed by atoms with Gasteiger partial charge in [-0.2, -0.15) is 9.97 Å². The molecule has 3 heterocycles. The first-order valence-corrected chi connectivity index (χ1v) is 15.7. The van der Waals surface area contributed by atoms with Crippen LogP contribution >= 0.6 is 7.75 Å². The van der Waals surface area contributed by atoms with Crippen LogP contribution in [0.25, 0.3) is 17.2 Å². The minimum Gasteiger partial charge on any atom is -0.479 e. The number of ether oxygens (including phenoxy) is 4. The normalized spacial score (nSPS) is 22.9. The number of benzene rings is 1. The summed E-state index contributed by atoms with van der Waals surface area (Å²) in [7, 11) is -3.24. The zero-order valence-corrected chi connectivity index (χ0v) is 26.7. The largest absolute Gasteiger partial charge is 0.479 e. The molecule has 1 aliphatic rings. The van der Waals surface area contributed by atoms with Crippen LogP contribution in [0.5, 0.6) is 5.88 Å². The molecule has 3 aromatic rings. The number of nitrogens with zero attached hydrogens (tertiary/aromatic N) is 4. The summed E-state index contributed by atoms with van der Waals surface area (Å²) in [5.41, 5.74) is 4.46. The van der Waals surface area contributed by atoms with Crippen molar-refractivity contribution in [3.05, 3.63) is 47.9 Å². The van der Waals surface area contributed by atoms with Gasteiger partial charge in [-0.25, -0.2) is 19.1 Å². The van der Waals surface area contributed by atoms with Crippen molar-refractivity contribution in [2.24, 2.45) is 0 Å². The molecular formula is C28H37N6O11P. The molecule has 1 saturated heterocycles. The van der Waals surface area contributed by atoms with Crippen LogP contribution < -0.4 is 15.6 Å². The number of aliphatic hydroxyl groups excluding tert-OH is 1. The van der Waals surface area contributed by atoms with Crippen molar-refractivity contribution in [3.8, 4) is 5.88 Å². The molecule has 250 valence electrons. The van der Waals surface area contributed by atoms with Crippen molar-refractivity contribution < 1.29 is 52.4 Å². The summed E-state index contributed by atoms with van der Waals surface area (Å²) in [6.45, 7) is 4.73. The van der Waals surface area contributed by atoms with Crippen molar-refractivity contribution in [2.75, 3.05) is 32.7 Å². The minimum atomic E-state index is -4.61. The quantitative estimate of drug-likeness (QED) is 0.109. The fourth-order valence-electron chi connectivity index (χ4n) is 4.49. The van der Waals surface area contributed by atoms with E-state index in [0.29, 0.717) is 5.56 Å². The van der Waals surface area contributed by atoms with Gasteiger partial charge in [-0.15, -0.1) is 0 Å². The van der Waals surface area contributed by atoms with E-state index in [4.69, 9.17) is 33.7 Å². The third-order valence-corrected chi connectivity index (χ3v) is 8.08. The lowest BCUT2D eigenvalue weighted by molar-refractivity contribution is -0.145. The summed E-state index contributed by atoms with van der Waals surface area (Å²) in [4.78, 5) is 37.5. The van der Waals surface area contributed by atoms with Gasteiger partial charge in [0.05, 0.1) is 32.8 Å². The predicted molar refractivity (Wildman–Crippen MR) is 162 cm³/mol. The van der Waals surface area contributed by atoms with Gasteiger partial charge in [0, 0.05) is 0 Å². The maximum atomic E-state index is 14.1. The topological polar surface area (TPSA) is 229 Å². The summed E-state index contributed by atoms with van der Waals surface area (Å²) in [6.07, 6.45) is -2.09. The molecule has 0 bridgehead atoms. The van der Waals surface area contributed by atoms with E-state index < -0.39 is 63.0 Å². The van der Waals surface area contributed by atoms with Crippen LogP contribution in [0, 0.1) is 0 Å². The maximum absolute atomic E-state index is 14.1. The number of nitrogens with one attached hydrogen (secondary N) is 1. The molecule has 0 aliphatic carbocycles. The summed E-state index contributed by atoms with van der Waals surface area (Å²) in [5.74, 6) is -1.78. The van der Waals surface area contributed by atoms with Crippen molar-refractivity contribution in [3.63, 3.8) is 0 Å². The van der Waals surface area contributed by atoms with E-state index in [0.717, 1.165) is 0 Å². The highest BCUT2D eigenvalue weighted by Gasteiger charge is 2.54. The predicted octanol–water partition coefficient (Wildman–Crippen LogP) is 1.71. The second-order valence-corrected chi connectivity index (χ2v) is 12.3. The molecule has 1 aliphatic heterocycles. The maximum Gasteiger partial charge on any atom is 0.433 e. The van der Waals surface area contributed by atoms with E-state index in [1.807, 2.05) is 0 Å². The summed E-state index contributed by atoms with van der Waals surface area (Å²) < 4.78 is 47.7. The molecule has 0 spiro atoms. The van der Waals surface area contributed by atoms with Crippen LogP contribution in [0.3, 0.4) is 0 Å². The number of carbonyl (C=O) groups excluding carboxylic acids is 2. The number of nitrogens with two attached hydrogens (primary N) is 1. The molecular weight excluding hydrogens is 627 g/mol. The second-order valence-electron chi connectivity index (χ2n) is 10.5. The number of hydrogen-bond donors (Lipinski definition) is 4. The first-order valence-electron chi connectivity index (χ1n) is 14.2. The SMILES string of the molecule is CCOC(=O)COP(=O)(N/C(=C\c1ccccc1)C(=O)OC(C)C)OC[C@H]1O[C@@H](n2cnc3c(OC)nc(N)nc32)[C@](C)(O)[C@@H]1O. The van der Waals surface area contributed by atoms with Crippen molar-refractivity contribution in [1.29, 1.82) is 0 Å². The standard InChI is InChI=1S/C28H37N6O11P/c1-6-41-20(35)14-43-46(39,33-18(25(37)44-16(2)3)12-17-10-8-7-9-11-17)42-13-19-22(36)28(4,38)26(45-19)34-15-30-21-23(34)31-27(29)32-24(21)40-5/h7-12,15-16,19,22,26,36,38H,6,13-14H2,1-5H3,(H,33,39)(H2,29,31,32)/b18-12-/t19-,22-,26-,28-,46?/m1/s1. The number of aliphatic hydroxyl groups is 2. The number of rotatable bonds is 14. The van der Waals surface area contributed by atoms with Gasteiger partial charge < -0.3 is 34.9 Å². The zero-order valence-electron chi connectivity index (χ0n) is 25.9. The highest BCUT2D eigenvalue weighted by Crippen LogP contribution is 2.47. The van der Waals surface area contributed by atoms with Gasteiger partial charge in [-0.3, -0.25) is 18.7 Å². The number of fused-ring (bicyclic) bond motifs is 1. The molecule has 1 unspecified atom stereocenters. The Morgan fingerprint density at radius 1 is 1.24 bits per heavy atom. The van der Waals surface area contributed by atoms with Gasteiger partial charge in [-0.05, 0) is 39.3 Å². The fraction of sp³-hybridized carbons (Fsp3) is 0.464. The van der Waals surface area contributed by atoms with Crippen LogP contribution in [-0.2, 0) is 37.4 Å². The Morgan fingerprint density at radius 2 is 1.96 bits per heavy atom. The Kier molecular flexibility index (Phi) is 11.0. The Hall–Kier alpha value is -4.12. The first kappa shape index (κ1) is 34.7. The van der Waals surface area contributed by atoms with E-state index >= 15 is 0 Å². The van der Waals surface area contributed by atoms with Crippen LogP contribution in [-0.4, -0.2) is 92.5 Å². The van der Waals surface area contributed by atoms with E-state index in [1.54, 1.807) is 51.1 Å². The van der Waals surface area contributed by atoms with Crippen LogP contribution in [0.2, 0.25) is 0 Å². The minimum absolute atomic E-state index is 0.0323. The van der Waals surface area contributed by atoms with Gasteiger partial charge in [0.1, 0.15) is 23.5 Å². The number of imidazole rings is 1. The number of methoxy groups -OCH3 is 1. The molecule has 1 fully saturated rings. The van der Waals surface area contributed by atoms with Gasteiger partial charge in [0.2, 0.25) is 11.8 Å². The first-order chi connectivity index (χ1) is 21.8. The van der Waals surface area contributed by atoms with Crippen LogP contribution in [0.1, 0.15) is 39.5 Å². The molecule has 5 N–H and O–H groups in total. The highest BCUT2D eigenvalue weighted by atomic mass is 31.2. The molecule has 0 radical (unpaired) electrons. The molecule has 4 rings (SSSR count). The lowest BCUT2D eigenvalue weighted by atomic mass is 9.96. The smallest absolute Gasteiger partial charge is 0.433 e. The van der Waals surface area contributed by atoms with E-state index in [2.05, 4.69) is 20.0 Å². The van der Waals surface area contributed by atoms with E-state index in [9.17, 15) is 24.4 Å². The molecule has 5 atom stereocenters. The van der Waals surface area contributed by atoms with Gasteiger partial charge in [0.25, 0.3) is 0 Å².